The second-order valence-electron chi connectivity index (χ2n) is 5.27. The maximum atomic E-state index is 8.74. The fraction of sp³-hybridized carbons (Fsp3) is 0.333. The van der Waals surface area contributed by atoms with Crippen LogP contribution in [0, 0.1) is 0 Å². The van der Waals surface area contributed by atoms with Gasteiger partial charge in [0.15, 0.2) is 0 Å². The molecule has 1 aromatic carbocycles. The number of aromatic nitrogens is 2. The molecule has 0 bridgehead atoms. The molecule has 0 spiro atoms. The Kier molecular flexibility index (Phi) is 6.16. The van der Waals surface area contributed by atoms with Crippen LogP contribution in [0.4, 0.5) is 5.82 Å². The summed E-state index contributed by atoms with van der Waals surface area (Å²) in [6.45, 7) is 4.13. The van der Waals surface area contributed by atoms with E-state index in [4.69, 9.17) is 14.6 Å². The minimum Gasteiger partial charge on any atom is -0.494 e. The van der Waals surface area contributed by atoms with Crippen LogP contribution in [-0.2, 0) is 4.74 Å². The number of rotatable bonds is 9. The van der Waals surface area contributed by atoms with Crippen molar-refractivity contribution in [1.29, 1.82) is 0 Å². The minimum atomic E-state index is 0.0319. The Morgan fingerprint density at radius 1 is 1.16 bits per heavy atom. The zero-order valence-corrected chi connectivity index (χ0v) is 14.9. The highest BCUT2D eigenvalue weighted by Gasteiger charge is 2.13. The van der Waals surface area contributed by atoms with Gasteiger partial charge in [-0.2, -0.15) is 0 Å². The van der Waals surface area contributed by atoms with Gasteiger partial charge < -0.3 is 19.9 Å². The molecule has 3 rings (SSSR count). The zero-order valence-electron chi connectivity index (χ0n) is 14.1. The molecule has 0 unspecified atom stereocenters. The van der Waals surface area contributed by atoms with E-state index in [-0.39, 0.29) is 6.61 Å². The van der Waals surface area contributed by atoms with Gasteiger partial charge >= 0.3 is 0 Å². The number of nitrogens with zero attached hydrogens (tertiary/aromatic N) is 2. The van der Waals surface area contributed by atoms with E-state index in [1.54, 1.807) is 17.7 Å². The van der Waals surface area contributed by atoms with Crippen LogP contribution in [0.15, 0.2) is 36.0 Å². The van der Waals surface area contributed by atoms with Crippen LogP contribution in [-0.4, -0.2) is 48.0 Å². The van der Waals surface area contributed by atoms with Crippen LogP contribution in [0.5, 0.6) is 5.75 Å². The normalized spacial score (nSPS) is 11.0. The van der Waals surface area contributed by atoms with Gasteiger partial charge in [-0.15, -0.1) is 11.3 Å². The van der Waals surface area contributed by atoms with Gasteiger partial charge in [0.25, 0.3) is 0 Å². The molecule has 0 saturated heterocycles. The lowest BCUT2D eigenvalue weighted by atomic mass is 10.1. The van der Waals surface area contributed by atoms with Crippen molar-refractivity contribution in [2.24, 2.45) is 0 Å². The average molecular weight is 359 g/mol. The van der Waals surface area contributed by atoms with Crippen molar-refractivity contribution >= 4 is 27.4 Å². The second-order valence-corrected chi connectivity index (χ2v) is 6.13. The average Bonchev–Trinajstić information content (AvgIpc) is 3.07. The molecule has 6 nitrogen and oxygen atoms in total. The minimum absolute atomic E-state index is 0.0319. The summed E-state index contributed by atoms with van der Waals surface area (Å²) in [5.41, 5.74) is 2.20. The van der Waals surface area contributed by atoms with E-state index in [9.17, 15) is 0 Å². The maximum Gasteiger partial charge on any atom is 0.138 e. The van der Waals surface area contributed by atoms with Gasteiger partial charge in [-0.25, -0.2) is 9.97 Å². The molecular formula is C18H21N3O3S. The van der Waals surface area contributed by atoms with Crippen molar-refractivity contribution in [2.45, 2.75) is 6.92 Å². The first-order chi connectivity index (χ1) is 12.3. The molecule has 2 N–H and O–H groups in total. The molecule has 3 aromatic rings. The number of nitrogens with one attached hydrogen (secondary N) is 1. The number of aliphatic hydroxyl groups excluding tert-OH is 1. The summed E-state index contributed by atoms with van der Waals surface area (Å²) in [4.78, 5) is 9.70. The van der Waals surface area contributed by atoms with Crippen LogP contribution < -0.4 is 10.1 Å². The van der Waals surface area contributed by atoms with E-state index in [0.29, 0.717) is 26.4 Å². The van der Waals surface area contributed by atoms with Crippen molar-refractivity contribution < 1.29 is 14.6 Å². The van der Waals surface area contributed by atoms with Crippen LogP contribution in [0.2, 0.25) is 0 Å². The Morgan fingerprint density at radius 3 is 2.76 bits per heavy atom. The zero-order chi connectivity index (χ0) is 17.5. The monoisotopic (exact) mass is 359 g/mol. The molecule has 0 aliphatic heterocycles. The van der Waals surface area contributed by atoms with Gasteiger partial charge in [0.2, 0.25) is 0 Å². The Balaban J connectivity index is 1.83. The van der Waals surface area contributed by atoms with Gasteiger partial charge in [0.05, 0.1) is 31.8 Å². The molecule has 0 aliphatic carbocycles. The standard InChI is InChI=1S/C18H21N3O3S/c1-2-24-14-5-3-13(4-6-14)15-11-25-18-16(15)17(20-12-21-18)19-7-9-23-10-8-22/h3-6,11-12,22H,2,7-10H2,1H3,(H,19,20,21). The SMILES string of the molecule is CCOc1ccc(-c2csc3ncnc(NCCOCCO)c23)cc1. The van der Waals surface area contributed by atoms with E-state index < -0.39 is 0 Å². The third-order valence-electron chi connectivity index (χ3n) is 3.62. The lowest BCUT2D eigenvalue weighted by Gasteiger charge is -2.09. The van der Waals surface area contributed by atoms with Crippen LogP contribution >= 0.6 is 11.3 Å². The summed E-state index contributed by atoms with van der Waals surface area (Å²) in [6.07, 6.45) is 1.57. The van der Waals surface area contributed by atoms with Gasteiger partial charge in [0, 0.05) is 17.5 Å². The van der Waals surface area contributed by atoms with Crippen LogP contribution in [0.3, 0.4) is 0 Å². The Labute approximate surface area is 150 Å². The first-order valence-corrected chi connectivity index (χ1v) is 9.09. The number of ether oxygens (including phenoxy) is 2. The van der Waals surface area contributed by atoms with Gasteiger partial charge in [-0.1, -0.05) is 12.1 Å². The molecule has 0 amide bonds. The van der Waals surface area contributed by atoms with Gasteiger partial charge in [-0.3, -0.25) is 0 Å². The molecule has 0 fully saturated rings. The summed E-state index contributed by atoms with van der Waals surface area (Å²) in [5.74, 6) is 1.66. The summed E-state index contributed by atoms with van der Waals surface area (Å²) >= 11 is 1.60. The third kappa shape index (κ3) is 4.25. The highest BCUT2D eigenvalue weighted by molar-refractivity contribution is 7.17. The lowest BCUT2D eigenvalue weighted by molar-refractivity contribution is 0.0992. The van der Waals surface area contributed by atoms with E-state index in [1.165, 1.54) is 0 Å². The maximum absolute atomic E-state index is 8.74. The second kappa shape index (κ2) is 8.75. The third-order valence-corrected chi connectivity index (χ3v) is 4.51. The summed E-state index contributed by atoms with van der Waals surface area (Å²) < 4.78 is 10.8. The fourth-order valence-electron chi connectivity index (χ4n) is 2.53. The molecule has 2 heterocycles. The van der Waals surface area contributed by atoms with Crippen molar-refractivity contribution in [2.75, 3.05) is 38.3 Å². The predicted octanol–water partition coefficient (Wildman–Crippen LogP) is 3.18. The Bertz CT molecular complexity index is 805. The smallest absolute Gasteiger partial charge is 0.138 e. The first-order valence-electron chi connectivity index (χ1n) is 8.21. The summed E-state index contributed by atoms with van der Waals surface area (Å²) in [6, 6.07) is 8.05. The molecule has 7 heteroatoms. The predicted molar refractivity (Wildman–Crippen MR) is 100 cm³/mol. The first kappa shape index (κ1) is 17.6. The summed E-state index contributed by atoms with van der Waals surface area (Å²) in [7, 11) is 0. The molecule has 25 heavy (non-hydrogen) atoms. The molecule has 0 radical (unpaired) electrons. The number of benzene rings is 1. The van der Waals surface area contributed by atoms with E-state index in [0.717, 1.165) is 32.9 Å². The molecule has 132 valence electrons. The van der Waals surface area contributed by atoms with Crippen molar-refractivity contribution in [3.63, 3.8) is 0 Å². The fourth-order valence-corrected chi connectivity index (χ4v) is 3.44. The number of aliphatic hydroxyl groups is 1. The van der Waals surface area contributed by atoms with E-state index >= 15 is 0 Å². The molecule has 2 aromatic heterocycles. The Morgan fingerprint density at radius 2 is 2.00 bits per heavy atom. The van der Waals surface area contributed by atoms with Crippen LogP contribution in [0.1, 0.15) is 6.92 Å². The molecular weight excluding hydrogens is 338 g/mol. The quantitative estimate of drug-likeness (QED) is 0.572. The number of hydrogen-bond acceptors (Lipinski definition) is 7. The molecule has 0 aliphatic rings. The molecule has 0 saturated carbocycles. The number of fused-ring (bicyclic) bond motifs is 1. The van der Waals surface area contributed by atoms with Crippen molar-refractivity contribution in [3.05, 3.63) is 36.0 Å². The van der Waals surface area contributed by atoms with Gasteiger partial charge in [0.1, 0.15) is 22.7 Å². The largest absolute Gasteiger partial charge is 0.494 e. The van der Waals surface area contributed by atoms with Crippen LogP contribution in [0.25, 0.3) is 21.3 Å². The number of anilines is 1. The molecule has 0 atom stereocenters. The van der Waals surface area contributed by atoms with Crippen molar-refractivity contribution in [3.8, 4) is 16.9 Å². The highest BCUT2D eigenvalue weighted by atomic mass is 32.1. The number of thiophene rings is 1. The van der Waals surface area contributed by atoms with Gasteiger partial charge in [-0.05, 0) is 24.6 Å². The lowest BCUT2D eigenvalue weighted by Crippen LogP contribution is -2.12. The Hall–Kier alpha value is -2.22. The van der Waals surface area contributed by atoms with Crippen molar-refractivity contribution in [1.82, 2.24) is 9.97 Å². The number of hydrogen-bond donors (Lipinski definition) is 2. The van der Waals surface area contributed by atoms with E-state index in [2.05, 4.69) is 20.7 Å². The van der Waals surface area contributed by atoms with E-state index in [1.807, 2.05) is 31.2 Å². The summed E-state index contributed by atoms with van der Waals surface area (Å²) in [5, 5.41) is 15.1. The topological polar surface area (TPSA) is 76.5 Å². The highest BCUT2D eigenvalue weighted by Crippen LogP contribution is 2.36.